The van der Waals surface area contributed by atoms with Crippen LogP contribution in [0.4, 0.5) is 13.6 Å². The predicted octanol–water partition coefficient (Wildman–Crippen LogP) is 3.15. The molecule has 1 aliphatic rings. The first kappa shape index (κ1) is 23.6. The van der Waals surface area contributed by atoms with Gasteiger partial charge in [-0.25, -0.2) is 18.4 Å². The van der Waals surface area contributed by atoms with Crippen molar-refractivity contribution >= 4 is 25.0 Å². The van der Waals surface area contributed by atoms with Crippen molar-refractivity contribution in [1.82, 2.24) is 0 Å². The van der Waals surface area contributed by atoms with Gasteiger partial charge in [0.2, 0.25) is 6.29 Å². The van der Waals surface area contributed by atoms with Crippen LogP contribution in [-0.4, -0.2) is 48.9 Å². The summed E-state index contributed by atoms with van der Waals surface area (Å²) >= 11 is 0. The molecule has 0 spiro atoms. The van der Waals surface area contributed by atoms with Crippen LogP contribution in [0.1, 0.15) is 49.5 Å². The molecule has 164 valence electrons. The maximum absolute atomic E-state index is 13.0. The number of halogens is 2. The van der Waals surface area contributed by atoms with E-state index in [4.69, 9.17) is 14.1 Å². The third kappa shape index (κ3) is 6.69. The SMILES string of the molecule is CCOC(=O)OC(C)OC(=O)c1cccc2c1OB(O)[C@@H](CC(=O)CC(C)(F)F)C2. The molecule has 0 bridgehead atoms. The molecular formula is C19H23BF2O8. The Morgan fingerprint density at radius 3 is 2.67 bits per heavy atom. The Morgan fingerprint density at radius 1 is 1.33 bits per heavy atom. The van der Waals surface area contributed by atoms with Gasteiger partial charge in [-0.2, -0.15) is 0 Å². The van der Waals surface area contributed by atoms with Crippen LogP contribution in [0.2, 0.25) is 5.82 Å². The van der Waals surface area contributed by atoms with E-state index < -0.39 is 49.5 Å². The summed E-state index contributed by atoms with van der Waals surface area (Å²) in [5, 5.41) is 10.2. The van der Waals surface area contributed by atoms with E-state index in [0.29, 0.717) is 12.5 Å². The van der Waals surface area contributed by atoms with Crippen molar-refractivity contribution in [2.24, 2.45) is 0 Å². The number of para-hydroxylation sites is 1. The molecule has 0 saturated heterocycles. The highest BCUT2D eigenvalue weighted by Gasteiger charge is 2.39. The number of rotatable bonds is 8. The van der Waals surface area contributed by atoms with Crippen LogP contribution < -0.4 is 4.65 Å². The molecule has 2 atom stereocenters. The topological polar surface area (TPSA) is 108 Å². The Balaban J connectivity index is 2.07. The van der Waals surface area contributed by atoms with E-state index in [1.165, 1.54) is 13.0 Å². The minimum atomic E-state index is -3.13. The van der Waals surface area contributed by atoms with E-state index in [0.717, 1.165) is 0 Å². The highest BCUT2D eigenvalue weighted by Crippen LogP contribution is 2.37. The van der Waals surface area contributed by atoms with Crippen molar-refractivity contribution in [2.75, 3.05) is 6.61 Å². The van der Waals surface area contributed by atoms with Crippen LogP contribution in [0.15, 0.2) is 18.2 Å². The third-order valence-electron chi connectivity index (χ3n) is 4.24. The zero-order valence-electron chi connectivity index (χ0n) is 16.9. The molecule has 0 saturated carbocycles. The minimum absolute atomic E-state index is 0.0178. The Bertz CT molecular complexity index is 795. The summed E-state index contributed by atoms with van der Waals surface area (Å²) in [7, 11) is -1.46. The Kier molecular flexibility index (Phi) is 7.77. The lowest BCUT2D eigenvalue weighted by Gasteiger charge is -2.28. The molecule has 2 rings (SSSR count). The van der Waals surface area contributed by atoms with Crippen LogP contribution in [0, 0.1) is 0 Å². The van der Waals surface area contributed by atoms with Crippen molar-refractivity contribution in [3.8, 4) is 5.75 Å². The molecule has 8 nitrogen and oxygen atoms in total. The predicted molar refractivity (Wildman–Crippen MR) is 100 cm³/mol. The van der Waals surface area contributed by atoms with Crippen LogP contribution in [-0.2, 0) is 25.4 Å². The normalized spacial score (nSPS) is 16.7. The molecular weight excluding hydrogens is 405 g/mol. The molecule has 1 aliphatic heterocycles. The summed E-state index contributed by atoms with van der Waals surface area (Å²) in [6.07, 6.45) is -3.29. The van der Waals surface area contributed by atoms with Crippen molar-refractivity contribution in [3.05, 3.63) is 29.3 Å². The molecule has 11 heteroatoms. The number of ketones is 1. The number of alkyl halides is 2. The van der Waals surface area contributed by atoms with Crippen LogP contribution in [0.25, 0.3) is 0 Å². The summed E-state index contributed by atoms with van der Waals surface area (Å²) in [5.41, 5.74) is 0.491. The average molecular weight is 428 g/mol. The number of carbonyl (C=O) groups is 3. The first-order valence-corrected chi connectivity index (χ1v) is 9.40. The highest BCUT2D eigenvalue weighted by atomic mass is 19.3. The fourth-order valence-corrected chi connectivity index (χ4v) is 3.06. The number of hydrogen-bond acceptors (Lipinski definition) is 8. The van der Waals surface area contributed by atoms with Crippen molar-refractivity contribution in [3.63, 3.8) is 0 Å². The Morgan fingerprint density at radius 2 is 2.03 bits per heavy atom. The van der Waals surface area contributed by atoms with E-state index in [2.05, 4.69) is 4.74 Å². The van der Waals surface area contributed by atoms with Gasteiger partial charge in [0.1, 0.15) is 17.1 Å². The van der Waals surface area contributed by atoms with Gasteiger partial charge in [-0.05, 0) is 31.9 Å². The molecule has 1 unspecified atom stereocenters. The summed E-state index contributed by atoms with van der Waals surface area (Å²) in [4.78, 5) is 35.6. The van der Waals surface area contributed by atoms with Crippen LogP contribution in [0.5, 0.6) is 5.75 Å². The molecule has 0 aromatic heterocycles. The van der Waals surface area contributed by atoms with Crippen LogP contribution in [0.3, 0.4) is 0 Å². The number of Topliss-reactive ketones (excluding diaryl/α,β-unsaturated/α-hetero) is 1. The number of carbonyl (C=O) groups excluding carboxylic acids is 3. The van der Waals surface area contributed by atoms with Gasteiger partial charge in [0.15, 0.2) is 0 Å². The van der Waals surface area contributed by atoms with E-state index in [1.807, 2.05) is 0 Å². The molecule has 0 amide bonds. The van der Waals surface area contributed by atoms with Gasteiger partial charge < -0.3 is 23.9 Å². The van der Waals surface area contributed by atoms with Crippen molar-refractivity contribution < 1.29 is 47.1 Å². The summed E-state index contributed by atoms with van der Waals surface area (Å²) in [6.45, 7) is 3.66. The van der Waals surface area contributed by atoms with Gasteiger partial charge in [-0.3, -0.25) is 4.79 Å². The molecule has 0 fully saturated rings. The molecule has 0 radical (unpaired) electrons. The lowest BCUT2D eigenvalue weighted by molar-refractivity contribution is -0.125. The lowest BCUT2D eigenvalue weighted by atomic mass is 9.64. The van der Waals surface area contributed by atoms with E-state index in [-0.39, 0.29) is 30.8 Å². The van der Waals surface area contributed by atoms with Gasteiger partial charge >= 0.3 is 19.2 Å². The monoisotopic (exact) mass is 428 g/mol. The number of fused-ring (bicyclic) bond motifs is 1. The summed E-state index contributed by atoms with van der Waals surface area (Å²) in [6, 6.07) is 4.57. The molecule has 1 N–H and O–H groups in total. The maximum Gasteiger partial charge on any atom is 0.526 e. The number of hydrogen-bond donors (Lipinski definition) is 1. The first-order chi connectivity index (χ1) is 14.0. The van der Waals surface area contributed by atoms with E-state index in [1.54, 1.807) is 19.1 Å². The van der Waals surface area contributed by atoms with E-state index >= 15 is 0 Å². The number of benzene rings is 1. The van der Waals surface area contributed by atoms with Gasteiger partial charge in [-0.1, -0.05) is 12.1 Å². The highest BCUT2D eigenvalue weighted by molar-refractivity contribution is 6.47. The Labute approximate surface area is 172 Å². The molecule has 30 heavy (non-hydrogen) atoms. The second kappa shape index (κ2) is 9.88. The number of esters is 1. The third-order valence-corrected chi connectivity index (χ3v) is 4.24. The fourth-order valence-electron chi connectivity index (χ4n) is 3.06. The summed E-state index contributed by atoms with van der Waals surface area (Å²) < 4.78 is 45.9. The molecule has 1 heterocycles. The minimum Gasteiger partial charge on any atom is -0.535 e. The zero-order valence-corrected chi connectivity index (χ0v) is 16.9. The van der Waals surface area contributed by atoms with Gasteiger partial charge in [0, 0.05) is 19.2 Å². The molecule has 0 aliphatic carbocycles. The van der Waals surface area contributed by atoms with Crippen molar-refractivity contribution in [1.29, 1.82) is 0 Å². The standard InChI is InChI=1S/C19H23BF2O8/c1-4-27-18(25)29-11(2)28-17(24)15-7-5-6-12-8-13(20(26)30-16(12)15)9-14(23)10-19(3,21)22/h5-7,11,13,26H,4,8-10H2,1-3H3/t11?,13-/m1/s1. The average Bonchev–Trinajstić information content (AvgIpc) is 2.60. The second-order valence-corrected chi connectivity index (χ2v) is 7.03. The zero-order chi connectivity index (χ0) is 22.5. The Hall–Kier alpha value is -2.69. The fraction of sp³-hybridized carbons (Fsp3) is 0.526. The smallest absolute Gasteiger partial charge is 0.526 e. The molecule has 1 aromatic carbocycles. The lowest BCUT2D eigenvalue weighted by Crippen LogP contribution is -2.36. The van der Waals surface area contributed by atoms with Gasteiger partial charge in [0.25, 0.3) is 5.92 Å². The number of ether oxygens (including phenoxy) is 3. The van der Waals surface area contributed by atoms with Gasteiger partial charge in [0.05, 0.1) is 13.0 Å². The van der Waals surface area contributed by atoms with Gasteiger partial charge in [-0.15, -0.1) is 0 Å². The molecule has 1 aromatic rings. The second-order valence-electron chi connectivity index (χ2n) is 7.03. The van der Waals surface area contributed by atoms with E-state index in [9.17, 15) is 28.2 Å². The maximum atomic E-state index is 13.0. The summed E-state index contributed by atoms with van der Waals surface area (Å²) in [5.74, 6) is -5.36. The van der Waals surface area contributed by atoms with Crippen LogP contribution >= 0.6 is 0 Å². The van der Waals surface area contributed by atoms with Crippen molar-refractivity contribution in [2.45, 2.75) is 58.1 Å². The largest absolute Gasteiger partial charge is 0.535 e. The quantitative estimate of drug-likeness (QED) is 0.382. The first-order valence-electron chi connectivity index (χ1n) is 9.40.